The molecule has 12 heteroatoms. The van der Waals surface area contributed by atoms with Crippen molar-refractivity contribution in [1.29, 1.82) is 0 Å². The van der Waals surface area contributed by atoms with E-state index in [9.17, 15) is 0 Å². The Kier molecular flexibility index (Phi) is 21.4. The molecule has 0 atom stereocenters. The fourth-order valence-corrected chi connectivity index (χ4v) is 32.1. The minimum absolute atomic E-state index is 0. The van der Waals surface area contributed by atoms with Crippen LogP contribution in [0.3, 0.4) is 0 Å². The SMILES string of the molecule is C[Si](C)(C)N(C(=NC1CCCCC1)[N-]C1CCCCC1)[Si](C)(C)C.C[Si](C)(C)[N-][Si](C)(C)C.C[Si](C)(C)[N-][Si](C)(C)C.[Lu+3]. The summed E-state index contributed by atoms with van der Waals surface area (Å²) in [5, 5.41) is 5.31. The van der Waals surface area contributed by atoms with Crippen LogP contribution in [0.15, 0.2) is 4.99 Å². The minimum atomic E-state index is -1.48. The van der Waals surface area contributed by atoms with Crippen LogP contribution in [0, 0.1) is 36.9 Å². The smallest absolute Gasteiger partial charge is 0.668 e. The van der Waals surface area contributed by atoms with Gasteiger partial charge in [-0.3, -0.25) is 0 Å². The van der Waals surface area contributed by atoms with Gasteiger partial charge in [-0.15, -0.1) is 0 Å². The maximum Gasteiger partial charge on any atom is 3.00 e. The average Bonchev–Trinajstić information content (AvgIpc) is 2.68. The van der Waals surface area contributed by atoms with E-state index < -0.39 is 49.4 Å². The molecule has 0 unspecified atom stereocenters. The van der Waals surface area contributed by atoms with Crippen molar-refractivity contribution < 1.29 is 36.9 Å². The summed E-state index contributed by atoms with van der Waals surface area (Å²) >= 11 is 0. The van der Waals surface area contributed by atoms with Gasteiger partial charge >= 0.3 is 36.9 Å². The van der Waals surface area contributed by atoms with Crippen LogP contribution in [0.25, 0.3) is 14.6 Å². The third-order valence-corrected chi connectivity index (χ3v) is 24.5. The molecule has 2 saturated carbocycles. The summed E-state index contributed by atoms with van der Waals surface area (Å²) in [6.07, 6.45) is 13.3. The van der Waals surface area contributed by atoms with Crippen LogP contribution >= 0.6 is 0 Å². The Morgan fingerprint density at radius 1 is 0.488 bits per heavy atom. The number of aliphatic imine (C=N–C) groups is 1. The van der Waals surface area contributed by atoms with Gasteiger partial charge in [-0.1, -0.05) is 189 Å². The maximum atomic E-state index is 5.31. The van der Waals surface area contributed by atoms with Gasteiger partial charge in [0, 0.05) is 5.96 Å². The van der Waals surface area contributed by atoms with Crippen molar-refractivity contribution in [1.82, 2.24) is 4.23 Å². The summed E-state index contributed by atoms with van der Waals surface area (Å²) in [6.45, 7) is 42.4. The van der Waals surface area contributed by atoms with E-state index in [2.05, 4.69) is 122 Å². The van der Waals surface area contributed by atoms with Gasteiger partial charge in [0.25, 0.3) is 0 Å². The van der Waals surface area contributed by atoms with Gasteiger partial charge in [0.1, 0.15) is 0 Å². The van der Waals surface area contributed by atoms with E-state index >= 15 is 0 Å². The Morgan fingerprint density at radius 3 is 1.05 bits per heavy atom. The Hall–Kier alpha value is 1.73. The van der Waals surface area contributed by atoms with E-state index in [1.165, 1.54) is 64.2 Å². The molecule has 264 valence electrons. The van der Waals surface area contributed by atoms with E-state index in [4.69, 9.17) is 19.6 Å². The van der Waals surface area contributed by atoms with E-state index in [0.717, 1.165) is 5.96 Å². The zero-order valence-corrected chi connectivity index (χ0v) is 39.9. The Labute approximate surface area is 307 Å². The van der Waals surface area contributed by atoms with Gasteiger partial charge in [0.15, 0.2) is 0 Å². The van der Waals surface area contributed by atoms with Crippen molar-refractivity contribution in [2.45, 2.75) is 194 Å². The molecule has 0 spiro atoms. The molecule has 5 nitrogen and oxygen atoms in total. The molecule has 2 rings (SSSR count). The Morgan fingerprint density at radius 2 is 0.791 bits per heavy atom. The van der Waals surface area contributed by atoms with Crippen molar-refractivity contribution in [2.24, 2.45) is 4.99 Å². The van der Waals surface area contributed by atoms with E-state index in [1.807, 2.05) is 0 Å². The summed E-state index contributed by atoms with van der Waals surface area (Å²) in [5.41, 5.74) is 0. The van der Waals surface area contributed by atoms with Crippen molar-refractivity contribution in [3.05, 3.63) is 14.6 Å². The second kappa shape index (κ2) is 19.7. The number of hydrogen-bond donors (Lipinski definition) is 0. The van der Waals surface area contributed by atoms with Gasteiger partial charge in [-0.25, -0.2) is 0 Å². The van der Waals surface area contributed by atoms with Crippen molar-refractivity contribution in [2.75, 3.05) is 0 Å². The minimum Gasteiger partial charge on any atom is -0.668 e. The number of hydrogen-bond acceptors (Lipinski definition) is 1. The molecule has 0 aromatic heterocycles. The van der Waals surface area contributed by atoms with Crippen LogP contribution in [0.2, 0.25) is 118 Å². The normalized spacial score (nSPS) is 18.4. The molecule has 0 radical (unpaired) electrons. The fourth-order valence-electron chi connectivity index (χ4n) is 6.51. The standard InChI is InChI=1S/C19H40N3Si2.2C6H18NSi2.Lu/c1-23(2,3)22(24(4,5)6)19(20-17-13-9-7-10-14-17)21-18-15-11-8-12-16-18;2*1-8(2,3)7-9(4,5)6;/h17-18H,7-16H2,1-6H3;2*1-6H3;/q3*-1;+3. The van der Waals surface area contributed by atoms with Gasteiger partial charge < -0.3 is 23.8 Å². The summed E-state index contributed by atoms with van der Waals surface area (Å²) in [5.74, 6) is 1.16. The molecule has 0 aliphatic heterocycles. The van der Waals surface area contributed by atoms with Gasteiger partial charge in [0.2, 0.25) is 0 Å². The molecule has 0 amide bonds. The fraction of sp³-hybridized carbons (Fsp3) is 0.968. The van der Waals surface area contributed by atoms with Crippen LogP contribution in [0.5, 0.6) is 0 Å². The first-order valence-electron chi connectivity index (χ1n) is 17.2. The quantitative estimate of drug-likeness (QED) is 0.136. The summed E-state index contributed by atoms with van der Waals surface area (Å²) in [6, 6.07) is 1.05. The summed E-state index contributed by atoms with van der Waals surface area (Å²) < 4.78 is 12.4. The van der Waals surface area contributed by atoms with Gasteiger partial charge in [-0.05, 0) is 37.8 Å². The topological polar surface area (TPSA) is 57.9 Å². The predicted octanol–water partition coefficient (Wildman–Crippen LogP) is 12.4. The molecular weight excluding hydrogens is 786 g/mol. The Bertz CT molecular complexity index is 711. The molecule has 0 bridgehead atoms. The van der Waals surface area contributed by atoms with E-state index in [1.54, 1.807) is 0 Å². The average molecular weight is 862 g/mol. The molecule has 0 aromatic rings. The van der Waals surface area contributed by atoms with Crippen LogP contribution in [-0.2, 0) is 0 Å². The predicted molar refractivity (Wildman–Crippen MR) is 213 cm³/mol. The van der Waals surface area contributed by atoms with E-state index in [0.29, 0.717) is 12.1 Å². The van der Waals surface area contributed by atoms with Crippen LogP contribution in [-0.4, -0.2) is 71.7 Å². The number of nitrogens with zero attached hydrogens (tertiary/aromatic N) is 5. The molecule has 2 aliphatic carbocycles. The molecular formula is C31H76LuN5Si6. The second-order valence-corrected chi connectivity index (χ2v) is 47.9. The zero-order chi connectivity index (χ0) is 33.2. The molecule has 0 saturated heterocycles. The monoisotopic (exact) mass is 861 g/mol. The summed E-state index contributed by atoms with van der Waals surface area (Å²) in [7, 11) is -7.39. The molecule has 0 N–H and O–H groups in total. The molecule has 0 heterocycles. The van der Waals surface area contributed by atoms with E-state index in [-0.39, 0.29) is 36.9 Å². The molecule has 2 aliphatic rings. The van der Waals surface area contributed by atoms with Gasteiger partial charge in [0.05, 0.1) is 16.5 Å². The first-order chi connectivity index (χ1) is 18.6. The third kappa shape index (κ3) is 26.4. The largest absolute Gasteiger partial charge is 3.00 e. The zero-order valence-electron chi connectivity index (χ0n) is 32.2. The third-order valence-electron chi connectivity index (χ3n) is 6.63. The Balaban J connectivity index is 0. The second-order valence-electron chi connectivity index (χ2n) is 18.7. The van der Waals surface area contributed by atoms with Crippen LogP contribution < -0.4 is 0 Å². The maximum absolute atomic E-state index is 5.31. The molecule has 0 aromatic carbocycles. The molecule has 2 fully saturated rings. The van der Waals surface area contributed by atoms with Crippen LogP contribution in [0.1, 0.15) is 64.2 Å². The number of guanidine groups is 1. The van der Waals surface area contributed by atoms with Crippen molar-refractivity contribution in [3.63, 3.8) is 0 Å². The first kappa shape index (κ1) is 46.8. The van der Waals surface area contributed by atoms with Gasteiger partial charge in [-0.2, -0.15) is 0 Å². The number of rotatable bonds is 8. The molecule has 43 heavy (non-hydrogen) atoms. The van der Waals surface area contributed by atoms with Crippen molar-refractivity contribution >= 4 is 55.4 Å². The van der Waals surface area contributed by atoms with Crippen molar-refractivity contribution in [3.8, 4) is 0 Å². The summed E-state index contributed by atoms with van der Waals surface area (Å²) in [4.78, 5) is 5.31. The first-order valence-corrected chi connectivity index (χ1v) is 37.8. The van der Waals surface area contributed by atoms with Crippen LogP contribution in [0.4, 0.5) is 0 Å².